The Bertz CT molecular complexity index is 775. The lowest BCUT2D eigenvalue weighted by Gasteiger charge is -2.10. The van der Waals surface area contributed by atoms with E-state index in [1.165, 1.54) is 24.3 Å². The van der Waals surface area contributed by atoms with Gasteiger partial charge >= 0.3 is 6.18 Å². The van der Waals surface area contributed by atoms with Crippen molar-refractivity contribution in [1.82, 2.24) is 10.3 Å². The van der Waals surface area contributed by atoms with Gasteiger partial charge in [-0.25, -0.2) is 4.98 Å². The molecule has 0 aliphatic carbocycles. The van der Waals surface area contributed by atoms with E-state index in [4.69, 9.17) is 28.6 Å². The molecule has 1 aromatic carbocycles. The third kappa shape index (κ3) is 5.91. The van der Waals surface area contributed by atoms with Gasteiger partial charge in [0.25, 0.3) is 5.91 Å². The number of rotatable bonds is 4. The second-order valence-corrected chi connectivity index (χ2v) is 5.65. The van der Waals surface area contributed by atoms with Gasteiger partial charge in [0.15, 0.2) is 6.61 Å². The van der Waals surface area contributed by atoms with Crippen molar-refractivity contribution < 1.29 is 22.7 Å². The number of benzene rings is 1. The molecule has 0 radical (unpaired) electrons. The lowest BCUT2D eigenvalue weighted by Crippen LogP contribution is -2.30. The van der Waals surface area contributed by atoms with Crippen LogP contribution in [0.15, 0.2) is 36.5 Å². The monoisotopic (exact) mass is 391 g/mol. The quantitative estimate of drug-likeness (QED) is 0.608. The number of aromatic nitrogens is 1. The number of pyridine rings is 1. The fourth-order valence-corrected chi connectivity index (χ4v) is 2.24. The van der Waals surface area contributed by atoms with Crippen LogP contribution in [0.1, 0.15) is 15.9 Å². The Morgan fingerprint density at radius 2 is 1.80 bits per heavy atom. The van der Waals surface area contributed by atoms with Gasteiger partial charge in [0.05, 0.1) is 5.56 Å². The lowest BCUT2D eigenvalue weighted by atomic mass is 10.2. The molecular weight excluding hydrogens is 382 g/mol. The first-order chi connectivity index (χ1) is 11.6. The Balaban J connectivity index is 2.01. The molecule has 0 bridgehead atoms. The maximum Gasteiger partial charge on any atom is 0.422 e. The number of amides is 1. The Labute approximate surface area is 150 Å². The second kappa shape index (κ2) is 7.71. The van der Waals surface area contributed by atoms with Gasteiger partial charge in [-0.2, -0.15) is 13.2 Å². The molecule has 0 aliphatic heterocycles. The van der Waals surface area contributed by atoms with Crippen LogP contribution in [0.2, 0.25) is 10.0 Å². The summed E-state index contributed by atoms with van der Waals surface area (Å²) < 4.78 is 40.6. The molecule has 0 unspecified atom stereocenters. The molecule has 10 heteroatoms. The Hall–Kier alpha value is -2.32. The zero-order valence-corrected chi connectivity index (χ0v) is 13.8. The molecule has 0 atom stereocenters. The largest absolute Gasteiger partial charge is 0.468 e. The molecule has 0 saturated carbocycles. The zero-order chi connectivity index (χ0) is 18.6. The summed E-state index contributed by atoms with van der Waals surface area (Å²) in [6, 6.07) is 6.73. The average molecular weight is 392 g/mol. The summed E-state index contributed by atoms with van der Waals surface area (Å²) in [6.45, 7) is -1.48. The third-order valence-electron chi connectivity index (χ3n) is 2.77. The Kier molecular flexibility index (Phi) is 5.86. The van der Waals surface area contributed by atoms with Gasteiger partial charge in [0, 0.05) is 27.9 Å². The number of hydrogen-bond donors (Lipinski definition) is 2. The van der Waals surface area contributed by atoms with Crippen molar-refractivity contribution in [2.75, 3.05) is 6.61 Å². The highest BCUT2D eigenvalue weighted by Gasteiger charge is 2.28. The molecule has 1 heterocycles. The van der Waals surface area contributed by atoms with Gasteiger partial charge in [0.2, 0.25) is 5.88 Å². The molecule has 2 N–H and O–H groups in total. The van der Waals surface area contributed by atoms with Crippen LogP contribution in [0.5, 0.6) is 5.88 Å². The number of nitrogens with one attached hydrogen (secondary N) is 2. The van der Waals surface area contributed by atoms with Crippen molar-refractivity contribution in [1.29, 1.82) is 5.41 Å². The molecule has 25 heavy (non-hydrogen) atoms. The fraction of sp³-hybridized carbons (Fsp3) is 0.133. The van der Waals surface area contributed by atoms with Crippen LogP contribution in [-0.2, 0) is 0 Å². The predicted octanol–water partition coefficient (Wildman–Crippen LogP) is 4.08. The van der Waals surface area contributed by atoms with Crippen LogP contribution >= 0.6 is 23.2 Å². The third-order valence-corrected chi connectivity index (χ3v) is 3.21. The number of amidine groups is 1. The maximum atomic E-state index is 12.1. The number of carbonyl (C=O) groups excluding carboxylic acids is 1. The Morgan fingerprint density at radius 3 is 2.32 bits per heavy atom. The van der Waals surface area contributed by atoms with Crippen molar-refractivity contribution in [3.8, 4) is 5.88 Å². The normalized spacial score (nSPS) is 11.1. The molecule has 2 aromatic rings. The standard InChI is InChI=1S/C15H10Cl2F3N3O2/c16-10-3-9(4-11(17)5-10)13(21)23-14(24)8-1-2-12(22-6-8)25-7-15(18,19)20/h1-6H,7H2,(H2,21,23,24). The van der Waals surface area contributed by atoms with E-state index in [0.717, 1.165) is 12.3 Å². The van der Waals surface area contributed by atoms with Crippen LogP contribution in [0.4, 0.5) is 13.2 Å². The van der Waals surface area contributed by atoms with Gasteiger partial charge < -0.3 is 10.1 Å². The van der Waals surface area contributed by atoms with Crippen LogP contribution in [0.25, 0.3) is 0 Å². The minimum Gasteiger partial charge on any atom is -0.468 e. The van der Waals surface area contributed by atoms with E-state index >= 15 is 0 Å². The number of alkyl halides is 3. The topological polar surface area (TPSA) is 75.1 Å². The first-order valence-electron chi connectivity index (χ1n) is 6.66. The maximum absolute atomic E-state index is 12.1. The van der Waals surface area contributed by atoms with Gasteiger partial charge in [-0.1, -0.05) is 23.2 Å². The van der Waals surface area contributed by atoms with E-state index < -0.39 is 18.7 Å². The minimum absolute atomic E-state index is 0.0391. The average Bonchev–Trinajstić information content (AvgIpc) is 2.51. The highest BCUT2D eigenvalue weighted by molar-refractivity contribution is 6.35. The second-order valence-electron chi connectivity index (χ2n) is 4.78. The molecule has 5 nitrogen and oxygen atoms in total. The number of carbonyl (C=O) groups is 1. The van der Waals surface area contributed by atoms with Gasteiger partial charge in [-0.15, -0.1) is 0 Å². The van der Waals surface area contributed by atoms with Crippen molar-refractivity contribution >= 4 is 34.9 Å². The summed E-state index contributed by atoms with van der Waals surface area (Å²) in [5.74, 6) is -1.19. The van der Waals surface area contributed by atoms with E-state index in [-0.39, 0.29) is 17.3 Å². The smallest absolute Gasteiger partial charge is 0.422 e. The first-order valence-corrected chi connectivity index (χ1v) is 7.41. The number of halogens is 5. The van der Waals surface area contributed by atoms with E-state index in [2.05, 4.69) is 15.0 Å². The SMILES string of the molecule is N=C(NC(=O)c1ccc(OCC(F)(F)F)nc1)c1cc(Cl)cc(Cl)c1. The summed E-state index contributed by atoms with van der Waals surface area (Å²) >= 11 is 11.7. The number of nitrogens with zero attached hydrogens (tertiary/aromatic N) is 1. The Morgan fingerprint density at radius 1 is 1.16 bits per heavy atom. The van der Waals surface area contributed by atoms with Crippen molar-refractivity contribution in [2.45, 2.75) is 6.18 Å². The summed E-state index contributed by atoms with van der Waals surface area (Å²) in [4.78, 5) is 15.7. The van der Waals surface area contributed by atoms with Crippen LogP contribution in [-0.4, -0.2) is 29.5 Å². The van der Waals surface area contributed by atoms with E-state index in [1.807, 2.05) is 0 Å². The van der Waals surface area contributed by atoms with Gasteiger partial charge in [-0.05, 0) is 24.3 Å². The molecule has 0 spiro atoms. The fourth-order valence-electron chi connectivity index (χ4n) is 1.71. The molecule has 0 saturated heterocycles. The summed E-state index contributed by atoms with van der Waals surface area (Å²) in [5, 5.41) is 10.8. The van der Waals surface area contributed by atoms with Crippen LogP contribution in [0, 0.1) is 5.41 Å². The van der Waals surface area contributed by atoms with E-state index in [9.17, 15) is 18.0 Å². The first kappa shape index (κ1) is 19.0. The molecule has 2 rings (SSSR count). The summed E-state index contributed by atoms with van der Waals surface area (Å²) in [6.07, 6.45) is -3.44. The van der Waals surface area contributed by atoms with Crippen molar-refractivity contribution in [3.63, 3.8) is 0 Å². The molecule has 0 aliphatic rings. The number of hydrogen-bond acceptors (Lipinski definition) is 4. The number of ether oxygens (including phenoxy) is 1. The van der Waals surface area contributed by atoms with Crippen molar-refractivity contribution in [2.24, 2.45) is 0 Å². The van der Waals surface area contributed by atoms with E-state index in [1.54, 1.807) is 0 Å². The molecule has 132 valence electrons. The minimum atomic E-state index is -4.48. The zero-order valence-electron chi connectivity index (χ0n) is 12.3. The van der Waals surface area contributed by atoms with Gasteiger partial charge in [0.1, 0.15) is 5.84 Å². The molecule has 0 fully saturated rings. The predicted molar refractivity (Wildman–Crippen MR) is 86.5 cm³/mol. The van der Waals surface area contributed by atoms with Crippen molar-refractivity contribution in [3.05, 3.63) is 57.7 Å². The summed E-state index contributed by atoms with van der Waals surface area (Å²) in [7, 11) is 0. The highest BCUT2D eigenvalue weighted by Crippen LogP contribution is 2.19. The van der Waals surface area contributed by atoms with E-state index in [0.29, 0.717) is 15.6 Å². The highest BCUT2D eigenvalue weighted by atomic mass is 35.5. The molecule has 1 aromatic heterocycles. The van der Waals surface area contributed by atoms with Crippen LogP contribution < -0.4 is 10.1 Å². The van der Waals surface area contributed by atoms with Crippen LogP contribution in [0.3, 0.4) is 0 Å². The molecule has 1 amide bonds. The van der Waals surface area contributed by atoms with Gasteiger partial charge in [-0.3, -0.25) is 10.2 Å². The molecular formula is C15H10Cl2F3N3O2. The summed E-state index contributed by atoms with van der Waals surface area (Å²) in [5.41, 5.74) is 0.334. The lowest BCUT2D eigenvalue weighted by molar-refractivity contribution is -0.154.